The number of pyridine rings is 1. The van der Waals surface area contributed by atoms with Crippen molar-refractivity contribution in [1.82, 2.24) is 10.3 Å². The molecule has 2 aliphatic rings. The van der Waals surface area contributed by atoms with Gasteiger partial charge in [-0.2, -0.15) is 4.98 Å². The first-order chi connectivity index (χ1) is 13.0. The maximum Gasteiger partial charge on any atom is 0.414 e. The predicted molar refractivity (Wildman–Crippen MR) is 100 cm³/mol. The molecule has 0 radical (unpaired) electrons. The minimum Gasteiger partial charge on any atom is -0.477 e. The Morgan fingerprint density at radius 2 is 2.00 bits per heavy atom. The van der Waals surface area contributed by atoms with Gasteiger partial charge in [0.2, 0.25) is 11.8 Å². The number of nitrogens with zero attached hydrogens (tertiary/aromatic N) is 1. The minimum atomic E-state index is -0.565. The van der Waals surface area contributed by atoms with E-state index in [9.17, 15) is 4.79 Å². The van der Waals surface area contributed by atoms with Gasteiger partial charge in [-0.05, 0) is 57.4 Å². The van der Waals surface area contributed by atoms with Crippen LogP contribution < -0.4 is 14.8 Å². The molecule has 0 saturated heterocycles. The highest BCUT2D eigenvalue weighted by atomic mass is 16.6. The highest BCUT2D eigenvalue weighted by Gasteiger charge is 2.30. The van der Waals surface area contributed by atoms with Gasteiger partial charge in [-0.1, -0.05) is 0 Å². The van der Waals surface area contributed by atoms with Crippen molar-refractivity contribution in [1.29, 1.82) is 0 Å². The molecule has 1 amide bonds. The third kappa shape index (κ3) is 6.66. The second-order valence-corrected chi connectivity index (χ2v) is 8.02. The van der Waals surface area contributed by atoms with Crippen molar-refractivity contribution in [3.8, 4) is 11.8 Å². The smallest absolute Gasteiger partial charge is 0.414 e. The number of carbonyl (C=O) groups is 1. The Hall–Kier alpha value is -1.86. The topological polar surface area (TPSA) is 78.9 Å². The van der Waals surface area contributed by atoms with Gasteiger partial charge in [0.25, 0.3) is 0 Å². The summed E-state index contributed by atoms with van der Waals surface area (Å²) in [5, 5.41) is 2.80. The molecule has 3 rings (SSSR count). The summed E-state index contributed by atoms with van der Waals surface area (Å²) >= 11 is 0. The zero-order valence-electron chi connectivity index (χ0n) is 16.5. The number of carbonyl (C=O) groups excluding carboxylic acids is 1. The van der Waals surface area contributed by atoms with E-state index >= 15 is 0 Å². The Balaban J connectivity index is 1.53. The standard InChI is InChI=1S/C20H30N2O5/c1-20(2,13-25-11-10-24-3)22-19(23)27-17-9-8-16(15-6-7-15)18(21-17)26-12-14-4-5-14/h8-9,14-15H,4-7,10-13H2,1-3H3,(H,22,23). The molecule has 0 unspecified atom stereocenters. The van der Waals surface area contributed by atoms with Crippen molar-refractivity contribution in [2.75, 3.05) is 33.5 Å². The maximum absolute atomic E-state index is 12.2. The van der Waals surface area contributed by atoms with Gasteiger partial charge in [0.05, 0.1) is 32.0 Å². The molecular formula is C20H30N2O5. The highest BCUT2D eigenvalue weighted by molar-refractivity contribution is 5.70. The van der Waals surface area contributed by atoms with Crippen LogP contribution in [0.25, 0.3) is 0 Å². The van der Waals surface area contributed by atoms with E-state index in [0.29, 0.717) is 44.1 Å². The zero-order chi connectivity index (χ0) is 19.3. The van der Waals surface area contributed by atoms with E-state index < -0.39 is 11.6 Å². The van der Waals surface area contributed by atoms with Gasteiger partial charge in [-0.25, -0.2) is 4.79 Å². The van der Waals surface area contributed by atoms with Crippen LogP contribution >= 0.6 is 0 Å². The first-order valence-corrected chi connectivity index (χ1v) is 9.67. The second kappa shape index (κ2) is 8.89. The molecule has 7 heteroatoms. The monoisotopic (exact) mass is 378 g/mol. The Bertz CT molecular complexity index is 641. The summed E-state index contributed by atoms with van der Waals surface area (Å²) in [5.41, 5.74) is 0.555. The van der Waals surface area contributed by atoms with Gasteiger partial charge in [-0.3, -0.25) is 0 Å². The number of methoxy groups -OCH3 is 1. The number of rotatable bonds is 11. The average Bonchev–Trinajstić information content (AvgIpc) is 3.50. The van der Waals surface area contributed by atoms with Crippen LogP contribution in [0.2, 0.25) is 0 Å². The number of nitrogens with one attached hydrogen (secondary N) is 1. The molecule has 2 saturated carbocycles. The van der Waals surface area contributed by atoms with Crippen LogP contribution in [-0.2, 0) is 9.47 Å². The van der Waals surface area contributed by atoms with Crippen LogP contribution in [0.5, 0.6) is 11.8 Å². The largest absolute Gasteiger partial charge is 0.477 e. The molecule has 0 bridgehead atoms. The molecule has 1 aromatic rings. The number of amides is 1. The normalized spacial score (nSPS) is 16.9. The lowest BCUT2D eigenvalue weighted by Gasteiger charge is -2.25. The van der Waals surface area contributed by atoms with Crippen molar-refractivity contribution in [2.24, 2.45) is 5.92 Å². The van der Waals surface area contributed by atoms with Crippen molar-refractivity contribution in [3.63, 3.8) is 0 Å². The molecule has 2 aliphatic carbocycles. The molecule has 27 heavy (non-hydrogen) atoms. The van der Waals surface area contributed by atoms with Crippen molar-refractivity contribution in [3.05, 3.63) is 17.7 Å². The van der Waals surface area contributed by atoms with E-state index in [0.717, 1.165) is 5.56 Å². The van der Waals surface area contributed by atoms with Gasteiger partial charge in [0.1, 0.15) is 0 Å². The molecule has 7 nitrogen and oxygen atoms in total. The Morgan fingerprint density at radius 1 is 1.22 bits per heavy atom. The first kappa shape index (κ1) is 19.9. The number of aromatic nitrogens is 1. The maximum atomic E-state index is 12.2. The summed E-state index contributed by atoms with van der Waals surface area (Å²) in [6.07, 6.45) is 4.21. The molecule has 0 atom stereocenters. The lowest BCUT2D eigenvalue weighted by Crippen LogP contribution is -2.48. The third-order valence-electron chi connectivity index (χ3n) is 4.57. The lowest BCUT2D eigenvalue weighted by atomic mass is 10.1. The Kier molecular flexibility index (Phi) is 6.55. The van der Waals surface area contributed by atoms with Crippen molar-refractivity contribution >= 4 is 6.09 Å². The fourth-order valence-corrected chi connectivity index (χ4v) is 2.70. The highest BCUT2D eigenvalue weighted by Crippen LogP contribution is 2.44. The lowest BCUT2D eigenvalue weighted by molar-refractivity contribution is 0.0423. The van der Waals surface area contributed by atoms with Crippen LogP contribution in [0.15, 0.2) is 12.1 Å². The van der Waals surface area contributed by atoms with Crippen LogP contribution in [0.3, 0.4) is 0 Å². The van der Waals surface area contributed by atoms with Crippen molar-refractivity contribution in [2.45, 2.75) is 51.0 Å². The molecular weight excluding hydrogens is 348 g/mol. The second-order valence-electron chi connectivity index (χ2n) is 8.02. The third-order valence-corrected chi connectivity index (χ3v) is 4.57. The number of hydrogen-bond donors (Lipinski definition) is 1. The summed E-state index contributed by atoms with van der Waals surface area (Å²) in [5.74, 6) is 2.03. The summed E-state index contributed by atoms with van der Waals surface area (Å²) in [4.78, 5) is 16.7. The van der Waals surface area contributed by atoms with E-state index in [1.165, 1.54) is 25.7 Å². The molecule has 150 valence electrons. The summed E-state index contributed by atoms with van der Waals surface area (Å²) in [6.45, 7) is 5.77. The van der Waals surface area contributed by atoms with E-state index in [4.69, 9.17) is 18.9 Å². The fourth-order valence-electron chi connectivity index (χ4n) is 2.70. The summed E-state index contributed by atoms with van der Waals surface area (Å²) < 4.78 is 21.7. The minimum absolute atomic E-state index is 0.249. The molecule has 1 N–H and O–H groups in total. The van der Waals surface area contributed by atoms with Gasteiger partial charge in [0, 0.05) is 18.7 Å². The van der Waals surface area contributed by atoms with Crippen LogP contribution in [-0.4, -0.2) is 50.2 Å². The summed E-state index contributed by atoms with van der Waals surface area (Å²) in [6, 6.07) is 3.70. The van der Waals surface area contributed by atoms with Gasteiger partial charge in [-0.15, -0.1) is 0 Å². The molecule has 1 aromatic heterocycles. The molecule has 0 aliphatic heterocycles. The number of hydrogen-bond acceptors (Lipinski definition) is 6. The van der Waals surface area contributed by atoms with Gasteiger partial charge in [0.15, 0.2) is 0 Å². The SMILES string of the molecule is COCCOCC(C)(C)NC(=O)Oc1ccc(C2CC2)c(OCC2CC2)n1. The van der Waals surface area contributed by atoms with Crippen LogP contribution in [0.1, 0.15) is 51.0 Å². The summed E-state index contributed by atoms with van der Waals surface area (Å²) in [7, 11) is 1.62. The molecule has 0 aromatic carbocycles. The van der Waals surface area contributed by atoms with Gasteiger partial charge < -0.3 is 24.3 Å². The molecule has 2 fully saturated rings. The Morgan fingerprint density at radius 3 is 2.67 bits per heavy atom. The average molecular weight is 378 g/mol. The zero-order valence-corrected chi connectivity index (χ0v) is 16.5. The van der Waals surface area contributed by atoms with E-state index in [-0.39, 0.29) is 5.88 Å². The van der Waals surface area contributed by atoms with Crippen LogP contribution in [0, 0.1) is 5.92 Å². The molecule has 0 spiro atoms. The van der Waals surface area contributed by atoms with E-state index in [2.05, 4.69) is 10.3 Å². The Labute approximate surface area is 160 Å². The molecule has 1 heterocycles. The predicted octanol–water partition coefficient (Wildman–Crippen LogP) is 3.28. The number of ether oxygens (including phenoxy) is 4. The van der Waals surface area contributed by atoms with Crippen molar-refractivity contribution < 1.29 is 23.7 Å². The van der Waals surface area contributed by atoms with E-state index in [1.54, 1.807) is 13.2 Å². The fraction of sp³-hybridized carbons (Fsp3) is 0.700. The van der Waals surface area contributed by atoms with Gasteiger partial charge >= 0.3 is 6.09 Å². The quantitative estimate of drug-likeness (QED) is 0.596. The van der Waals surface area contributed by atoms with Crippen LogP contribution in [0.4, 0.5) is 4.79 Å². The first-order valence-electron chi connectivity index (χ1n) is 9.67. The van der Waals surface area contributed by atoms with E-state index in [1.807, 2.05) is 19.9 Å².